The SMILES string of the molecule is COc1cc(CNC(=O)COc2ccc(Cl)c(C)c2)ccn1. The molecular formula is C16H17ClN2O3. The molecule has 0 radical (unpaired) electrons. The highest BCUT2D eigenvalue weighted by Gasteiger charge is 2.05. The highest BCUT2D eigenvalue weighted by molar-refractivity contribution is 6.31. The monoisotopic (exact) mass is 320 g/mol. The summed E-state index contributed by atoms with van der Waals surface area (Å²) in [7, 11) is 1.55. The number of amides is 1. The van der Waals surface area contributed by atoms with Gasteiger partial charge in [0, 0.05) is 23.8 Å². The second kappa shape index (κ2) is 7.66. The lowest BCUT2D eigenvalue weighted by atomic mass is 10.2. The van der Waals surface area contributed by atoms with E-state index in [-0.39, 0.29) is 12.5 Å². The fourth-order valence-corrected chi connectivity index (χ4v) is 1.90. The number of ether oxygens (including phenoxy) is 2. The summed E-state index contributed by atoms with van der Waals surface area (Å²) in [6.45, 7) is 2.22. The summed E-state index contributed by atoms with van der Waals surface area (Å²) in [5.41, 5.74) is 1.81. The van der Waals surface area contributed by atoms with Crippen molar-refractivity contribution in [1.82, 2.24) is 10.3 Å². The molecule has 1 heterocycles. The Morgan fingerprint density at radius 3 is 2.86 bits per heavy atom. The van der Waals surface area contributed by atoms with E-state index in [0.29, 0.717) is 23.2 Å². The minimum absolute atomic E-state index is 0.0523. The van der Waals surface area contributed by atoms with E-state index in [1.807, 2.05) is 13.0 Å². The number of carbonyl (C=O) groups is 1. The molecule has 0 spiro atoms. The number of aromatic nitrogens is 1. The van der Waals surface area contributed by atoms with Crippen LogP contribution >= 0.6 is 11.6 Å². The van der Waals surface area contributed by atoms with Crippen LogP contribution < -0.4 is 14.8 Å². The molecule has 0 saturated carbocycles. The first-order valence-electron chi connectivity index (χ1n) is 6.73. The molecule has 2 rings (SSSR count). The van der Waals surface area contributed by atoms with Crippen molar-refractivity contribution >= 4 is 17.5 Å². The van der Waals surface area contributed by atoms with Crippen molar-refractivity contribution in [3.8, 4) is 11.6 Å². The van der Waals surface area contributed by atoms with Gasteiger partial charge in [-0.1, -0.05) is 11.6 Å². The summed E-state index contributed by atoms with van der Waals surface area (Å²) in [6, 6.07) is 8.85. The van der Waals surface area contributed by atoms with Crippen molar-refractivity contribution in [3.05, 3.63) is 52.7 Å². The summed E-state index contributed by atoms with van der Waals surface area (Å²) in [4.78, 5) is 15.8. The smallest absolute Gasteiger partial charge is 0.258 e. The lowest BCUT2D eigenvalue weighted by Crippen LogP contribution is -2.28. The summed E-state index contributed by atoms with van der Waals surface area (Å²) >= 11 is 5.94. The van der Waals surface area contributed by atoms with E-state index in [0.717, 1.165) is 11.1 Å². The number of rotatable bonds is 6. The molecule has 2 aromatic rings. The molecule has 1 aromatic heterocycles. The molecule has 0 bridgehead atoms. The Kier molecular flexibility index (Phi) is 5.61. The molecule has 0 aliphatic carbocycles. The number of halogens is 1. The Morgan fingerprint density at radius 1 is 1.32 bits per heavy atom. The largest absolute Gasteiger partial charge is 0.484 e. The second-order valence-corrected chi connectivity index (χ2v) is 5.09. The molecule has 0 aliphatic rings. The summed E-state index contributed by atoms with van der Waals surface area (Å²) in [6.07, 6.45) is 1.63. The maximum absolute atomic E-state index is 11.8. The zero-order valence-corrected chi connectivity index (χ0v) is 13.2. The second-order valence-electron chi connectivity index (χ2n) is 4.68. The van der Waals surface area contributed by atoms with Crippen molar-refractivity contribution in [2.45, 2.75) is 13.5 Å². The number of nitrogens with zero attached hydrogens (tertiary/aromatic N) is 1. The van der Waals surface area contributed by atoms with E-state index in [2.05, 4.69) is 10.3 Å². The molecule has 0 unspecified atom stereocenters. The standard InChI is InChI=1S/C16H17ClN2O3/c1-11-7-13(3-4-14(11)17)22-10-15(20)19-9-12-5-6-18-16(8-12)21-2/h3-8H,9-10H2,1-2H3,(H,19,20). The molecule has 0 atom stereocenters. The number of carbonyl (C=O) groups excluding carboxylic acids is 1. The van der Waals surface area contributed by atoms with Crippen molar-refractivity contribution in [3.63, 3.8) is 0 Å². The number of aryl methyl sites for hydroxylation is 1. The van der Waals surface area contributed by atoms with Crippen molar-refractivity contribution in [1.29, 1.82) is 0 Å². The van der Waals surface area contributed by atoms with E-state index in [1.54, 1.807) is 37.6 Å². The van der Waals surface area contributed by atoms with E-state index in [9.17, 15) is 4.79 Å². The van der Waals surface area contributed by atoms with E-state index in [4.69, 9.17) is 21.1 Å². The number of pyridine rings is 1. The van der Waals surface area contributed by atoms with Crippen LogP contribution in [-0.2, 0) is 11.3 Å². The maximum atomic E-state index is 11.8. The Labute approximate surface area is 134 Å². The Balaban J connectivity index is 1.81. The molecule has 0 aliphatic heterocycles. The molecule has 1 N–H and O–H groups in total. The summed E-state index contributed by atoms with van der Waals surface area (Å²) in [5, 5.41) is 3.44. The zero-order chi connectivity index (χ0) is 15.9. The average molecular weight is 321 g/mol. The van der Waals surface area contributed by atoms with E-state index < -0.39 is 0 Å². The number of methoxy groups -OCH3 is 1. The van der Waals surface area contributed by atoms with Gasteiger partial charge in [-0.3, -0.25) is 4.79 Å². The van der Waals surface area contributed by atoms with E-state index in [1.165, 1.54) is 0 Å². The van der Waals surface area contributed by atoms with Gasteiger partial charge in [-0.15, -0.1) is 0 Å². The van der Waals surface area contributed by atoms with Crippen LogP contribution in [0.4, 0.5) is 0 Å². The average Bonchev–Trinajstić information content (AvgIpc) is 2.54. The predicted molar refractivity (Wildman–Crippen MR) is 84.3 cm³/mol. The molecule has 1 amide bonds. The van der Waals surface area contributed by atoms with Crippen LogP contribution in [0.3, 0.4) is 0 Å². The minimum Gasteiger partial charge on any atom is -0.484 e. The minimum atomic E-state index is -0.205. The fraction of sp³-hybridized carbons (Fsp3) is 0.250. The van der Waals surface area contributed by atoms with Gasteiger partial charge in [-0.2, -0.15) is 0 Å². The van der Waals surface area contributed by atoms with Gasteiger partial charge < -0.3 is 14.8 Å². The van der Waals surface area contributed by atoms with Crippen LogP contribution in [0, 0.1) is 6.92 Å². The molecule has 22 heavy (non-hydrogen) atoms. The number of nitrogens with one attached hydrogen (secondary N) is 1. The van der Waals surface area contributed by atoms with Crippen LogP contribution in [0.1, 0.15) is 11.1 Å². The Hall–Kier alpha value is -2.27. The first kappa shape index (κ1) is 16.1. The molecular weight excluding hydrogens is 304 g/mol. The van der Waals surface area contributed by atoms with Crippen molar-refractivity contribution in [2.75, 3.05) is 13.7 Å². The van der Waals surface area contributed by atoms with Crippen LogP contribution in [0.15, 0.2) is 36.5 Å². The van der Waals surface area contributed by atoms with E-state index >= 15 is 0 Å². The summed E-state index contributed by atoms with van der Waals surface area (Å²) in [5.74, 6) is 0.922. The molecule has 116 valence electrons. The Morgan fingerprint density at radius 2 is 2.14 bits per heavy atom. The Bertz CT molecular complexity index is 662. The number of hydrogen-bond donors (Lipinski definition) is 1. The highest BCUT2D eigenvalue weighted by atomic mass is 35.5. The third kappa shape index (κ3) is 4.63. The third-order valence-corrected chi connectivity index (χ3v) is 3.42. The molecule has 0 fully saturated rings. The first-order chi connectivity index (χ1) is 10.6. The van der Waals surface area contributed by atoms with Gasteiger partial charge in [0.25, 0.3) is 5.91 Å². The highest BCUT2D eigenvalue weighted by Crippen LogP contribution is 2.20. The van der Waals surface area contributed by atoms with Crippen LogP contribution in [0.2, 0.25) is 5.02 Å². The number of hydrogen-bond acceptors (Lipinski definition) is 4. The normalized spacial score (nSPS) is 10.1. The van der Waals surface area contributed by atoms with Crippen LogP contribution in [0.25, 0.3) is 0 Å². The van der Waals surface area contributed by atoms with Crippen LogP contribution in [-0.4, -0.2) is 24.6 Å². The number of benzene rings is 1. The molecule has 6 heteroatoms. The first-order valence-corrected chi connectivity index (χ1v) is 7.11. The molecule has 5 nitrogen and oxygen atoms in total. The zero-order valence-electron chi connectivity index (χ0n) is 12.4. The molecule has 1 aromatic carbocycles. The van der Waals surface area contributed by atoms with Crippen LogP contribution in [0.5, 0.6) is 11.6 Å². The van der Waals surface area contributed by atoms with Gasteiger partial charge in [0.1, 0.15) is 5.75 Å². The lowest BCUT2D eigenvalue weighted by Gasteiger charge is -2.09. The van der Waals surface area contributed by atoms with Crippen molar-refractivity contribution < 1.29 is 14.3 Å². The molecule has 0 saturated heterocycles. The topological polar surface area (TPSA) is 60.5 Å². The predicted octanol–water partition coefficient (Wildman–Crippen LogP) is 2.75. The van der Waals surface area contributed by atoms with Gasteiger partial charge in [-0.25, -0.2) is 4.98 Å². The summed E-state index contributed by atoms with van der Waals surface area (Å²) < 4.78 is 10.5. The van der Waals surface area contributed by atoms with Crippen molar-refractivity contribution in [2.24, 2.45) is 0 Å². The van der Waals surface area contributed by atoms with Gasteiger partial charge in [0.15, 0.2) is 6.61 Å². The maximum Gasteiger partial charge on any atom is 0.258 e. The quantitative estimate of drug-likeness (QED) is 0.889. The third-order valence-electron chi connectivity index (χ3n) is 3.00. The van der Waals surface area contributed by atoms with Gasteiger partial charge >= 0.3 is 0 Å². The lowest BCUT2D eigenvalue weighted by molar-refractivity contribution is -0.123. The fourth-order valence-electron chi connectivity index (χ4n) is 1.78. The van der Waals surface area contributed by atoms with Gasteiger partial charge in [-0.05, 0) is 42.3 Å². The van der Waals surface area contributed by atoms with Gasteiger partial charge in [0.05, 0.1) is 7.11 Å². The van der Waals surface area contributed by atoms with Gasteiger partial charge in [0.2, 0.25) is 5.88 Å².